The second-order valence-corrected chi connectivity index (χ2v) is 32.0. The molecule has 4 rings (SSSR count). The maximum absolute atomic E-state index is 2.58. The fraction of sp³-hybridized carbons (Fsp3) is 0.806. The maximum Gasteiger partial charge on any atom is -0.0195 e. The molecule has 0 N–H and O–H groups in total. The van der Waals surface area contributed by atoms with E-state index in [1.54, 1.807) is 50.3 Å². The molecule has 392 valence electrons. The molecule has 5 heteroatoms. The topological polar surface area (TPSA) is 0 Å². The van der Waals surface area contributed by atoms with Crippen molar-refractivity contribution in [2.75, 3.05) is 55.5 Å². The Morgan fingerprint density at radius 2 is 0.642 bits per heavy atom. The van der Waals surface area contributed by atoms with Gasteiger partial charge < -0.3 is 0 Å². The van der Waals surface area contributed by atoms with Gasteiger partial charge in [0.25, 0.3) is 0 Å². The van der Waals surface area contributed by atoms with Gasteiger partial charge in [0, 0.05) is 0 Å². The molecule has 0 heterocycles. The molecule has 0 bridgehead atoms. The lowest BCUT2D eigenvalue weighted by Gasteiger charge is -2.38. The van der Waals surface area contributed by atoms with Gasteiger partial charge >= 0.3 is 0 Å². The third-order valence-corrected chi connectivity index (χ3v) is 25.8. The second kappa shape index (κ2) is 52.9. The Hall–Kier alpha value is 0.590. The van der Waals surface area contributed by atoms with Crippen LogP contribution in [0.5, 0.6) is 0 Å². The van der Waals surface area contributed by atoms with E-state index < -0.39 is 0 Å². The molecule has 2 aromatic rings. The van der Waals surface area contributed by atoms with E-state index in [-0.39, 0.29) is 7.92 Å². The van der Waals surface area contributed by atoms with E-state index in [2.05, 4.69) is 132 Å². The van der Waals surface area contributed by atoms with Crippen molar-refractivity contribution in [3.63, 3.8) is 0 Å². The summed E-state index contributed by atoms with van der Waals surface area (Å²) >= 11 is 0. The fourth-order valence-corrected chi connectivity index (χ4v) is 20.2. The Labute approximate surface area is 431 Å². The number of rotatable bonds is 32. The smallest absolute Gasteiger partial charge is 0.0195 e. The third-order valence-electron chi connectivity index (χ3n) is 14.1. The molecule has 0 amide bonds. The fourth-order valence-electron chi connectivity index (χ4n) is 9.98. The van der Waals surface area contributed by atoms with Crippen LogP contribution in [-0.2, 0) is 0 Å². The first-order valence-electron chi connectivity index (χ1n) is 29.7. The number of unbranched alkanes of at least 4 members (excludes halogenated alkanes) is 16. The van der Waals surface area contributed by atoms with Crippen molar-refractivity contribution in [1.29, 1.82) is 0 Å². The SMILES string of the molecule is CCCCCCCCP(CC)CCCCCCCC.CCCCCCP(CC)CCCCCC.CCP.CCP(C1CCCCC1)C1CCCCC1.CCP(c1ccccc1)c1ccccc1. The Morgan fingerprint density at radius 1 is 0.358 bits per heavy atom. The summed E-state index contributed by atoms with van der Waals surface area (Å²) in [6, 6.07) is 21.6. The Bertz CT molecular complexity index is 1110. The quantitative estimate of drug-likeness (QED) is 0.0506. The summed E-state index contributed by atoms with van der Waals surface area (Å²) in [5.41, 5.74) is 2.34. The van der Waals surface area contributed by atoms with Crippen molar-refractivity contribution < 1.29 is 0 Å². The highest BCUT2D eigenvalue weighted by Crippen LogP contribution is 2.55. The van der Waals surface area contributed by atoms with Gasteiger partial charge in [-0.1, -0.05) is 264 Å². The van der Waals surface area contributed by atoms with Gasteiger partial charge in [0.05, 0.1) is 0 Å². The average Bonchev–Trinajstić information content (AvgIpc) is 3.37. The molecule has 0 aliphatic heterocycles. The van der Waals surface area contributed by atoms with Gasteiger partial charge in [-0.25, -0.2) is 0 Å². The molecule has 0 nitrogen and oxygen atoms in total. The van der Waals surface area contributed by atoms with Crippen LogP contribution in [0.1, 0.15) is 255 Å². The van der Waals surface area contributed by atoms with Gasteiger partial charge in [0.1, 0.15) is 0 Å². The summed E-state index contributed by atoms with van der Waals surface area (Å²) in [5, 5.41) is 2.95. The maximum atomic E-state index is 2.58. The molecule has 0 aromatic heterocycles. The number of benzene rings is 2. The lowest BCUT2D eigenvalue weighted by molar-refractivity contribution is 0.484. The summed E-state index contributed by atoms with van der Waals surface area (Å²) in [6.07, 6.45) is 57.7. The van der Waals surface area contributed by atoms with Crippen LogP contribution in [0.3, 0.4) is 0 Å². The minimum absolute atomic E-state index is 0.149. The molecule has 1 unspecified atom stereocenters. The van der Waals surface area contributed by atoms with Crippen LogP contribution in [-0.4, -0.2) is 66.8 Å². The summed E-state index contributed by atoms with van der Waals surface area (Å²) in [5.74, 6) is 0. The van der Waals surface area contributed by atoms with Crippen LogP contribution in [0, 0.1) is 0 Å². The minimum atomic E-state index is -0.149. The van der Waals surface area contributed by atoms with E-state index in [0.717, 1.165) is 0 Å². The lowest BCUT2D eigenvalue weighted by atomic mass is 9.99. The predicted molar refractivity (Wildman–Crippen MR) is 330 cm³/mol. The molecule has 2 aromatic carbocycles. The monoisotopic (exact) mass is 1020 g/mol. The van der Waals surface area contributed by atoms with E-state index in [9.17, 15) is 0 Å². The molecule has 2 fully saturated rings. The van der Waals surface area contributed by atoms with E-state index in [4.69, 9.17) is 0 Å². The zero-order valence-electron chi connectivity index (χ0n) is 46.9. The van der Waals surface area contributed by atoms with Gasteiger partial charge in [-0.05, 0) is 137 Å². The van der Waals surface area contributed by atoms with Gasteiger partial charge in [-0.2, -0.15) is 0 Å². The minimum Gasteiger partial charge on any atom is -0.138 e. The summed E-state index contributed by atoms with van der Waals surface area (Å²) in [7, 11) is 3.64. The van der Waals surface area contributed by atoms with Gasteiger partial charge in [0.15, 0.2) is 0 Å². The third kappa shape index (κ3) is 38.8. The zero-order valence-corrected chi connectivity index (χ0v) is 51.6. The van der Waals surface area contributed by atoms with E-state index in [0.29, 0.717) is 23.8 Å². The zero-order chi connectivity index (χ0) is 49.3. The highest BCUT2D eigenvalue weighted by atomic mass is 31.1. The molecule has 2 aliphatic rings. The largest absolute Gasteiger partial charge is 0.138 e. The van der Waals surface area contributed by atoms with Crippen LogP contribution in [0.2, 0.25) is 0 Å². The van der Waals surface area contributed by atoms with Crippen molar-refractivity contribution in [2.45, 2.75) is 266 Å². The van der Waals surface area contributed by atoms with Crippen molar-refractivity contribution in [1.82, 2.24) is 0 Å². The predicted octanol–water partition coefficient (Wildman–Crippen LogP) is 22.0. The first-order valence-corrected chi connectivity index (χ1v) is 37.5. The summed E-state index contributed by atoms with van der Waals surface area (Å²) in [6.45, 7) is 20.8. The Balaban J connectivity index is 0.000000852. The standard InChI is InChI=1S/C18H39P.C14H27P.C14H15P.C14H31P.C2H7P/c1-4-7-9-11-13-15-17-19(6-3)18-16-14-12-10-8-5-2;2*1-2-15(13-9-5-3-6-10-13)14-11-7-4-8-12-14;1-4-7-9-11-13-15(6-3)14-12-10-8-5-2;1-2-3/h4-18H2,1-3H3;13-14H,2-12H2,1H3;3-12H,2H2,1H3;4-14H2,1-3H3;2-3H2,1H3. The molecule has 67 heavy (non-hydrogen) atoms. The molecule has 2 aliphatic carbocycles. The van der Waals surface area contributed by atoms with Crippen LogP contribution in [0.4, 0.5) is 0 Å². The molecule has 1 atom stereocenters. The molecule has 0 spiro atoms. The van der Waals surface area contributed by atoms with Crippen LogP contribution < -0.4 is 10.6 Å². The van der Waals surface area contributed by atoms with Crippen LogP contribution >= 0.6 is 40.9 Å². The Kier molecular flexibility index (Phi) is 53.4. The molecule has 2 saturated carbocycles. The average molecular weight is 1020 g/mol. The number of hydrogen-bond acceptors (Lipinski definition) is 0. The second-order valence-electron chi connectivity index (χ2n) is 19.8. The van der Waals surface area contributed by atoms with Crippen LogP contribution in [0.25, 0.3) is 0 Å². The van der Waals surface area contributed by atoms with Crippen LogP contribution in [0.15, 0.2) is 60.7 Å². The molecular weight excluding hydrogens is 900 g/mol. The normalized spacial score (nSPS) is 14.2. The van der Waals surface area contributed by atoms with Gasteiger partial charge in [-0.3, -0.25) is 0 Å². The Morgan fingerprint density at radius 3 is 0.910 bits per heavy atom. The van der Waals surface area contributed by atoms with Crippen molar-refractivity contribution in [2.24, 2.45) is 0 Å². The molecule has 0 radical (unpaired) electrons. The summed E-state index contributed by atoms with van der Waals surface area (Å²) in [4.78, 5) is 0. The van der Waals surface area contributed by atoms with Crippen molar-refractivity contribution in [3.8, 4) is 0 Å². The highest BCUT2D eigenvalue weighted by Gasteiger charge is 2.29. The van der Waals surface area contributed by atoms with Crippen molar-refractivity contribution >= 4 is 51.5 Å². The first kappa shape index (κ1) is 67.6. The van der Waals surface area contributed by atoms with Gasteiger partial charge in [-0.15, -0.1) is 33.0 Å². The molecule has 0 saturated heterocycles. The van der Waals surface area contributed by atoms with Crippen molar-refractivity contribution in [3.05, 3.63) is 60.7 Å². The van der Waals surface area contributed by atoms with E-state index in [1.165, 1.54) is 220 Å². The number of hydrogen-bond donors (Lipinski definition) is 0. The summed E-state index contributed by atoms with van der Waals surface area (Å²) < 4.78 is 0. The lowest BCUT2D eigenvalue weighted by Crippen LogP contribution is -2.21. The molecular formula is C62H119P5. The van der Waals surface area contributed by atoms with E-state index >= 15 is 0 Å². The van der Waals surface area contributed by atoms with E-state index in [1.807, 2.05) is 0 Å². The van der Waals surface area contributed by atoms with Gasteiger partial charge in [0.2, 0.25) is 0 Å². The highest BCUT2D eigenvalue weighted by molar-refractivity contribution is 7.73. The first-order chi connectivity index (χ1) is 32.9.